The molecule has 0 aromatic heterocycles. The molecule has 0 aliphatic carbocycles. The minimum absolute atomic E-state index is 0.00215. The number of nitrogens with one attached hydrogen (secondary N) is 1. The highest BCUT2D eigenvalue weighted by Gasteiger charge is 2.30. The average molecular weight is 302 g/mol. The summed E-state index contributed by atoms with van der Waals surface area (Å²) < 4.78 is 16.3. The first-order valence-corrected chi connectivity index (χ1v) is 7.72. The topological polar surface area (TPSA) is 60.0 Å². The van der Waals surface area contributed by atoms with Crippen LogP contribution in [-0.2, 0) is 14.2 Å². The van der Waals surface area contributed by atoms with Gasteiger partial charge in [-0.2, -0.15) is 0 Å². The Morgan fingerprint density at radius 2 is 2.19 bits per heavy atom. The van der Waals surface area contributed by atoms with E-state index >= 15 is 0 Å². The molecule has 1 amide bonds. The third kappa shape index (κ3) is 7.11. The summed E-state index contributed by atoms with van der Waals surface area (Å²) in [4.78, 5) is 14.0. The van der Waals surface area contributed by atoms with Crippen LogP contribution in [0.15, 0.2) is 0 Å². The molecule has 0 spiro atoms. The smallest absolute Gasteiger partial charge is 0.410 e. The Labute approximate surface area is 128 Å². The lowest BCUT2D eigenvalue weighted by molar-refractivity contribution is -0.0326. The van der Waals surface area contributed by atoms with Crippen LogP contribution in [0.25, 0.3) is 0 Å². The maximum absolute atomic E-state index is 12.2. The Bertz CT molecular complexity index is 317. The van der Waals surface area contributed by atoms with Crippen LogP contribution in [0, 0.1) is 0 Å². The van der Waals surface area contributed by atoms with Gasteiger partial charge in [-0.3, -0.25) is 4.90 Å². The fourth-order valence-corrected chi connectivity index (χ4v) is 2.08. The highest BCUT2D eigenvalue weighted by atomic mass is 16.6. The van der Waals surface area contributed by atoms with Crippen molar-refractivity contribution in [2.45, 2.75) is 52.3 Å². The summed E-state index contributed by atoms with van der Waals surface area (Å²) in [6.45, 7) is 13.4. The highest BCUT2D eigenvalue weighted by molar-refractivity contribution is 5.68. The van der Waals surface area contributed by atoms with Gasteiger partial charge in [0.1, 0.15) is 5.60 Å². The molecule has 2 atom stereocenters. The minimum atomic E-state index is -0.477. The molecule has 1 N–H and O–H groups in total. The number of ether oxygens (including phenoxy) is 3. The SMILES string of the molecule is CCOCC(C)NCC1COCCN1C(=O)OC(C)(C)C. The Morgan fingerprint density at radius 1 is 1.48 bits per heavy atom. The maximum atomic E-state index is 12.2. The zero-order valence-electron chi connectivity index (χ0n) is 14.0. The van der Waals surface area contributed by atoms with Crippen LogP contribution in [0.5, 0.6) is 0 Å². The van der Waals surface area contributed by atoms with E-state index in [1.807, 2.05) is 27.7 Å². The molecule has 1 heterocycles. The van der Waals surface area contributed by atoms with Crippen LogP contribution in [0.4, 0.5) is 4.79 Å². The van der Waals surface area contributed by atoms with Gasteiger partial charge in [0.15, 0.2) is 0 Å². The normalized spacial score (nSPS) is 21.2. The predicted octanol–water partition coefficient (Wildman–Crippen LogP) is 1.64. The molecule has 1 saturated heterocycles. The van der Waals surface area contributed by atoms with Crippen molar-refractivity contribution in [3.05, 3.63) is 0 Å². The number of amides is 1. The first-order valence-electron chi connectivity index (χ1n) is 7.72. The summed E-state index contributed by atoms with van der Waals surface area (Å²) in [6.07, 6.45) is -0.268. The molecular formula is C15H30N2O4. The zero-order valence-corrected chi connectivity index (χ0v) is 14.0. The van der Waals surface area contributed by atoms with Crippen molar-refractivity contribution in [2.75, 3.05) is 39.5 Å². The number of carbonyl (C=O) groups excluding carboxylic acids is 1. The third-order valence-corrected chi connectivity index (χ3v) is 3.13. The molecule has 21 heavy (non-hydrogen) atoms. The summed E-state index contributed by atoms with van der Waals surface area (Å²) in [6, 6.07) is 0.241. The molecule has 1 fully saturated rings. The van der Waals surface area contributed by atoms with E-state index in [1.54, 1.807) is 4.90 Å². The lowest BCUT2D eigenvalue weighted by Crippen LogP contribution is -2.55. The van der Waals surface area contributed by atoms with Gasteiger partial charge in [0.05, 0.1) is 25.9 Å². The van der Waals surface area contributed by atoms with Crippen LogP contribution < -0.4 is 5.32 Å². The second kappa shape index (κ2) is 8.56. The molecule has 2 unspecified atom stereocenters. The van der Waals surface area contributed by atoms with Gasteiger partial charge >= 0.3 is 6.09 Å². The molecule has 6 heteroatoms. The molecular weight excluding hydrogens is 272 g/mol. The second-order valence-corrected chi connectivity index (χ2v) is 6.37. The number of rotatable bonds is 6. The van der Waals surface area contributed by atoms with Crippen molar-refractivity contribution in [3.63, 3.8) is 0 Å². The summed E-state index contributed by atoms with van der Waals surface area (Å²) in [7, 11) is 0. The predicted molar refractivity (Wildman–Crippen MR) is 81.5 cm³/mol. The van der Waals surface area contributed by atoms with Crippen LogP contribution in [0.1, 0.15) is 34.6 Å². The quantitative estimate of drug-likeness (QED) is 0.808. The first kappa shape index (κ1) is 18.2. The average Bonchev–Trinajstić information content (AvgIpc) is 2.41. The maximum Gasteiger partial charge on any atom is 0.410 e. The Morgan fingerprint density at radius 3 is 2.81 bits per heavy atom. The largest absolute Gasteiger partial charge is 0.444 e. The van der Waals surface area contributed by atoms with E-state index in [1.165, 1.54) is 0 Å². The number of nitrogens with zero attached hydrogens (tertiary/aromatic N) is 1. The molecule has 1 rings (SSSR count). The third-order valence-electron chi connectivity index (χ3n) is 3.13. The monoisotopic (exact) mass is 302 g/mol. The molecule has 0 radical (unpaired) electrons. The molecule has 1 aliphatic rings. The van der Waals surface area contributed by atoms with Crippen molar-refractivity contribution in [2.24, 2.45) is 0 Å². The van der Waals surface area contributed by atoms with Crippen LogP contribution in [-0.4, -0.2) is 68.2 Å². The molecule has 0 aromatic rings. The number of morpholine rings is 1. The van der Waals surface area contributed by atoms with Crippen molar-refractivity contribution in [1.82, 2.24) is 10.2 Å². The number of hydrogen-bond acceptors (Lipinski definition) is 5. The van der Waals surface area contributed by atoms with E-state index in [-0.39, 0.29) is 18.2 Å². The summed E-state index contributed by atoms with van der Waals surface area (Å²) in [5.74, 6) is 0. The van der Waals surface area contributed by atoms with E-state index in [2.05, 4.69) is 12.2 Å². The minimum Gasteiger partial charge on any atom is -0.444 e. The highest BCUT2D eigenvalue weighted by Crippen LogP contribution is 2.14. The lowest BCUT2D eigenvalue weighted by Gasteiger charge is -2.37. The second-order valence-electron chi connectivity index (χ2n) is 6.37. The van der Waals surface area contributed by atoms with E-state index in [4.69, 9.17) is 14.2 Å². The van der Waals surface area contributed by atoms with E-state index < -0.39 is 5.60 Å². The summed E-state index contributed by atoms with van der Waals surface area (Å²) in [5, 5.41) is 3.38. The molecule has 0 bridgehead atoms. The molecule has 1 aliphatic heterocycles. The Hall–Kier alpha value is -0.850. The molecule has 124 valence electrons. The van der Waals surface area contributed by atoms with Crippen molar-refractivity contribution in [1.29, 1.82) is 0 Å². The fourth-order valence-electron chi connectivity index (χ4n) is 2.08. The standard InChI is InChI=1S/C15H30N2O4/c1-6-19-10-12(2)16-9-13-11-20-8-7-17(13)14(18)21-15(3,4)5/h12-13,16H,6-11H2,1-5H3. The van der Waals surface area contributed by atoms with Crippen molar-refractivity contribution >= 4 is 6.09 Å². The van der Waals surface area contributed by atoms with Crippen molar-refractivity contribution in [3.8, 4) is 0 Å². The molecule has 0 aromatic carbocycles. The number of hydrogen-bond donors (Lipinski definition) is 1. The van der Waals surface area contributed by atoms with Gasteiger partial charge in [0, 0.05) is 25.7 Å². The number of carbonyl (C=O) groups is 1. The molecule has 0 saturated carbocycles. The lowest BCUT2D eigenvalue weighted by atomic mass is 10.2. The summed E-state index contributed by atoms with van der Waals surface area (Å²) in [5.41, 5.74) is -0.477. The van der Waals surface area contributed by atoms with Gasteiger partial charge in [0.2, 0.25) is 0 Å². The van der Waals surface area contributed by atoms with E-state index in [9.17, 15) is 4.79 Å². The van der Waals surface area contributed by atoms with Crippen molar-refractivity contribution < 1.29 is 19.0 Å². The van der Waals surface area contributed by atoms with Gasteiger partial charge in [-0.05, 0) is 34.6 Å². The van der Waals surface area contributed by atoms with Gasteiger partial charge in [-0.1, -0.05) is 0 Å². The zero-order chi connectivity index (χ0) is 15.9. The van der Waals surface area contributed by atoms with Gasteiger partial charge in [-0.25, -0.2) is 4.79 Å². The van der Waals surface area contributed by atoms with Gasteiger partial charge < -0.3 is 19.5 Å². The molecule has 6 nitrogen and oxygen atoms in total. The van der Waals surface area contributed by atoms with Crippen LogP contribution >= 0.6 is 0 Å². The van der Waals surface area contributed by atoms with Gasteiger partial charge in [-0.15, -0.1) is 0 Å². The van der Waals surface area contributed by atoms with Gasteiger partial charge in [0.25, 0.3) is 0 Å². The first-order chi connectivity index (χ1) is 9.83. The Kier molecular flexibility index (Phi) is 7.42. The summed E-state index contributed by atoms with van der Waals surface area (Å²) >= 11 is 0. The van der Waals surface area contributed by atoms with Crippen LogP contribution in [0.2, 0.25) is 0 Å². The van der Waals surface area contributed by atoms with E-state index in [0.717, 1.165) is 0 Å². The Balaban J connectivity index is 2.47. The fraction of sp³-hybridized carbons (Fsp3) is 0.933. The van der Waals surface area contributed by atoms with Crippen LogP contribution in [0.3, 0.4) is 0 Å². The van der Waals surface area contributed by atoms with E-state index in [0.29, 0.717) is 39.5 Å².